The van der Waals surface area contributed by atoms with Gasteiger partial charge in [-0.2, -0.15) is 0 Å². The van der Waals surface area contributed by atoms with Crippen LogP contribution in [0.1, 0.15) is 22.8 Å². The van der Waals surface area contributed by atoms with Gasteiger partial charge in [-0.25, -0.2) is 0 Å². The fraction of sp³-hybridized carbons (Fsp3) is 0.182. The summed E-state index contributed by atoms with van der Waals surface area (Å²) in [5.74, 6) is -0.0372. The third kappa shape index (κ3) is 1.78. The van der Waals surface area contributed by atoms with Crippen LogP contribution in [0.15, 0.2) is 30.4 Å². The van der Waals surface area contributed by atoms with Gasteiger partial charge in [0.1, 0.15) is 0 Å². The molecule has 68 valence electrons. The van der Waals surface area contributed by atoms with Gasteiger partial charge in [-0.15, -0.1) is 0 Å². The van der Waals surface area contributed by atoms with E-state index < -0.39 is 0 Å². The van der Waals surface area contributed by atoms with Crippen molar-refractivity contribution in [3.8, 4) is 0 Å². The summed E-state index contributed by atoms with van der Waals surface area (Å²) < 4.78 is 0. The third-order valence-electron chi connectivity index (χ3n) is 2.01. The number of Topliss-reactive ketones (excluding diaryl/α,β-unsaturated/α-hetero) is 1. The average molecular weight is 175 g/mol. The first-order valence-electron chi connectivity index (χ1n) is 4.09. The molecule has 2 nitrogen and oxygen atoms in total. The molecule has 0 saturated carbocycles. The van der Waals surface area contributed by atoms with Gasteiger partial charge in [0, 0.05) is 11.3 Å². The largest absolute Gasteiger partial charge is 0.398 e. The van der Waals surface area contributed by atoms with E-state index in [-0.39, 0.29) is 5.78 Å². The molecule has 0 amide bonds. The highest BCUT2D eigenvalue weighted by Crippen LogP contribution is 2.17. The van der Waals surface area contributed by atoms with E-state index >= 15 is 0 Å². The second-order valence-corrected chi connectivity index (χ2v) is 3.13. The van der Waals surface area contributed by atoms with Gasteiger partial charge in [0.15, 0.2) is 5.78 Å². The van der Waals surface area contributed by atoms with Crippen molar-refractivity contribution in [3.63, 3.8) is 0 Å². The van der Waals surface area contributed by atoms with Gasteiger partial charge in [0.25, 0.3) is 0 Å². The van der Waals surface area contributed by atoms with Crippen LogP contribution in [0.3, 0.4) is 0 Å². The summed E-state index contributed by atoms with van der Waals surface area (Å²) in [4.78, 5) is 11.6. The van der Waals surface area contributed by atoms with E-state index in [0.717, 1.165) is 5.56 Å². The van der Waals surface area contributed by atoms with Crippen LogP contribution in [0.5, 0.6) is 0 Å². The minimum atomic E-state index is -0.0372. The Balaban J connectivity index is 3.23. The van der Waals surface area contributed by atoms with Gasteiger partial charge in [-0.3, -0.25) is 4.79 Å². The van der Waals surface area contributed by atoms with E-state index in [4.69, 9.17) is 5.73 Å². The Hall–Kier alpha value is -1.57. The second kappa shape index (κ2) is 3.44. The molecular formula is C11H13NO. The molecule has 0 aliphatic rings. The molecule has 13 heavy (non-hydrogen) atoms. The molecule has 1 aromatic carbocycles. The van der Waals surface area contributed by atoms with E-state index in [1.54, 1.807) is 25.1 Å². The maximum absolute atomic E-state index is 11.6. The number of ketones is 1. The molecular weight excluding hydrogens is 162 g/mol. The monoisotopic (exact) mass is 175 g/mol. The highest BCUT2D eigenvalue weighted by molar-refractivity contribution is 6.09. The zero-order chi connectivity index (χ0) is 10.0. The molecule has 1 rings (SSSR count). The predicted octanol–water partition coefficient (Wildman–Crippen LogP) is 2.34. The minimum absolute atomic E-state index is 0.0372. The standard InChI is InChI=1S/C11H13NO/c1-7(2)11(13)9-5-4-6-10(12)8(9)3/h4-6H,1,12H2,2-3H3. The van der Waals surface area contributed by atoms with Gasteiger partial charge in [0.2, 0.25) is 0 Å². The summed E-state index contributed by atoms with van der Waals surface area (Å²) in [6, 6.07) is 5.33. The molecule has 0 aliphatic carbocycles. The third-order valence-corrected chi connectivity index (χ3v) is 2.01. The van der Waals surface area contributed by atoms with Crippen molar-refractivity contribution < 1.29 is 4.79 Å². The number of nitrogens with two attached hydrogens (primary N) is 1. The fourth-order valence-corrected chi connectivity index (χ4v) is 1.13. The van der Waals surface area contributed by atoms with Crippen LogP contribution in [0, 0.1) is 6.92 Å². The Labute approximate surface area is 78.1 Å². The maximum Gasteiger partial charge on any atom is 0.188 e. The Morgan fingerprint density at radius 1 is 1.46 bits per heavy atom. The lowest BCUT2D eigenvalue weighted by atomic mass is 10.00. The van der Waals surface area contributed by atoms with Crippen LogP contribution in [-0.2, 0) is 0 Å². The lowest BCUT2D eigenvalue weighted by Gasteiger charge is -2.06. The molecule has 2 heteroatoms. The number of allylic oxidation sites excluding steroid dienone is 1. The molecule has 0 aliphatic heterocycles. The summed E-state index contributed by atoms with van der Waals surface area (Å²) in [5.41, 5.74) is 8.33. The average Bonchev–Trinajstić information content (AvgIpc) is 2.08. The van der Waals surface area contributed by atoms with Gasteiger partial charge in [0.05, 0.1) is 0 Å². The van der Waals surface area contributed by atoms with Crippen molar-refractivity contribution >= 4 is 11.5 Å². The van der Waals surface area contributed by atoms with Crippen LogP contribution in [0.25, 0.3) is 0 Å². The minimum Gasteiger partial charge on any atom is -0.398 e. The zero-order valence-corrected chi connectivity index (χ0v) is 7.92. The number of carbonyl (C=O) groups is 1. The molecule has 0 saturated heterocycles. The van der Waals surface area contributed by atoms with Crippen molar-refractivity contribution in [2.45, 2.75) is 13.8 Å². The normalized spacial score (nSPS) is 9.69. The topological polar surface area (TPSA) is 43.1 Å². The van der Waals surface area contributed by atoms with Crippen LogP contribution in [-0.4, -0.2) is 5.78 Å². The molecule has 0 aromatic heterocycles. The number of hydrogen-bond donors (Lipinski definition) is 1. The molecule has 2 N–H and O–H groups in total. The number of anilines is 1. The predicted molar refractivity (Wildman–Crippen MR) is 54.7 cm³/mol. The van der Waals surface area contributed by atoms with E-state index in [1.165, 1.54) is 0 Å². The maximum atomic E-state index is 11.6. The van der Waals surface area contributed by atoms with Crippen LogP contribution in [0.2, 0.25) is 0 Å². The first-order chi connectivity index (χ1) is 6.04. The van der Waals surface area contributed by atoms with E-state index in [9.17, 15) is 4.79 Å². The Kier molecular flexibility index (Phi) is 2.52. The van der Waals surface area contributed by atoms with Crippen LogP contribution in [0.4, 0.5) is 5.69 Å². The number of benzene rings is 1. The number of rotatable bonds is 2. The van der Waals surface area contributed by atoms with Crippen molar-refractivity contribution in [2.75, 3.05) is 5.73 Å². The van der Waals surface area contributed by atoms with Gasteiger partial charge < -0.3 is 5.73 Å². The molecule has 0 atom stereocenters. The van der Waals surface area contributed by atoms with Gasteiger partial charge in [-0.1, -0.05) is 18.7 Å². The highest BCUT2D eigenvalue weighted by Gasteiger charge is 2.10. The zero-order valence-electron chi connectivity index (χ0n) is 7.92. The van der Waals surface area contributed by atoms with Crippen LogP contribution >= 0.6 is 0 Å². The summed E-state index contributed by atoms with van der Waals surface area (Å²) in [6.45, 7) is 7.15. The second-order valence-electron chi connectivity index (χ2n) is 3.13. The van der Waals surface area contributed by atoms with Gasteiger partial charge in [-0.05, 0) is 31.1 Å². The van der Waals surface area contributed by atoms with Gasteiger partial charge >= 0.3 is 0 Å². The van der Waals surface area contributed by atoms with Crippen molar-refractivity contribution in [2.24, 2.45) is 0 Å². The summed E-state index contributed by atoms with van der Waals surface area (Å²) in [5, 5.41) is 0. The molecule has 0 radical (unpaired) electrons. The molecule has 0 fully saturated rings. The molecule has 0 spiro atoms. The number of nitrogen functional groups attached to an aromatic ring is 1. The first-order valence-corrected chi connectivity index (χ1v) is 4.09. The quantitative estimate of drug-likeness (QED) is 0.426. The fourth-order valence-electron chi connectivity index (χ4n) is 1.13. The Bertz CT molecular complexity index is 366. The Morgan fingerprint density at radius 2 is 2.08 bits per heavy atom. The lowest BCUT2D eigenvalue weighted by Crippen LogP contribution is -2.04. The molecule has 1 aromatic rings. The van der Waals surface area contributed by atoms with E-state index in [1.807, 2.05) is 6.92 Å². The van der Waals surface area contributed by atoms with E-state index in [2.05, 4.69) is 6.58 Å². The summed E-state index contributed by atoms with van der Waals surface area (Å²) in [6.07, 6.45) is 0. The van der Waals surface area contributed by atoms with Crippen LogP contribution < -0.4 is 5.73 Å². The smallest absolute Gasteiger partial charge is 0.188 e. The highest BCUT2D eigenvalue weighted by atomic mass is 16.1. The molecule has 0 heterocycles. The lowest BCUT2D eigenvalue weighted by molar-refractivity contribution is 0.103. The number of hydrogen-bond acceptors (Lipinski definition) is 2. The Morgan fingerprint density at radius 3 is 2.62 bits per heavy atom. The van der Waals surface area contributed by atoms with Crippen molar-refractivity contribution in [1.82, 2.24) is 0 Å². The van der Waals surface area contributed by atoms with E-state index in [0.29, 0.717) is 16.8 Å². The first kappa shape index (κ1) is 9.52. The van der Waals surface area contributed by atoms with Crippen molar-refractivity contribution in [3.05, 3.63) is 41.5 Å². The number of carbonyl (C=O) groups excluding carboxylic acids is 1. The molecule has 0 bridgehead atoms. The summed E-state index contributed by atoms with van der Waals surface area (Å²) in [7, 11) is 0. The SMILES string of the molecule is C=C(C)C(=O)c1cccc(N)c1C. The van der Waals surface area contributed by atoms with Crippen molar-refractivity contribution in [1.29, 1.82) is 0 Å². The molecule has 0 unspecified atom stereocenters. The summed E-state index contributed by atoms with van der Waals surface area (Å²) >= 11 is 0.